The zero-order chi connectivity index (χ0) is 15.8. The average Bonchev–Trinajstić information content (AvgIpc) is 2.45. The molecule has 1 atom stereocenters. The van der Waals surface area contributed by atoms with Crippen molar-refractivity contribution < 1.29 is 15.0 Å². The molecule has 0 heterocycles. The second kappa shape index (κ2) is 14.9. The van der Waals surface area contributed by atoms with Gasteiger partial charge in [-0.05, 0) is 31.1 Å². The summed E-state index contributed by atoms with van der Waals surface area (Å²) in [5.41, 5.74) is 0. The van der Waals surface area contributed by atoms with Gasteiger partial charge in [0.2, 0.25) is 0 Å². The quantitative estimate of drug-likeness (QED) is 0.450. The second-order valence-corrected chi connectivity index (χ2v) is 5.27. The highest BCUT2D eigenvalue weighted by molar-refractivity contribution is 5.66. The lowest BCUT2D eigenvalue weighted by atomic mass is 10.1. The highest BCUT2D eigenvalue weighted by atomic mass is 16.4. The fourth-order valence-electron chi connectivity index (χ4n) is 1.89. The molecule has 0 fully saturated rings. The Labute approximate surface area is 129 Å². The summed E-state index contributed by atoms with van der Waals surface area (Å²) in [5.74, 6) is 10.8. The Balaban J connectivity index is 3.49. The molecular weight excluding hydrogens is 264 g/mol. The lowest BCUT2D eigenvalue weighted by Crippen LogP contribution is -2.04. The first kappa shape index (κ1) is 19.6. The largest absolute Gasteiger partial charge is 0.481 e. The van der Waals surface area contributed by atoms with E-state index >= 15 is 0 Å². The average molecular weight is 292 g/mol. The molecular formula is C18H28O3. The van der Waals surface area contributed by atoms with Crippen molar-refractivity contribution in [2.75, 3.05) is 0 Å². The van der Waals surface area contributed by atoms with Crippen LogP contribution in [0, 0.1) is 23.7 Å². The summed E-state index contributed by atoms with van der Waals surface area (Å²) in [6.45, 7) is 2.17. The molecule has 0 aliphatic carbocycles. The maximum absolute atomic E-state index is 10.3. The molecule has 0 saturated carbocycles. The molecule has 0 aliphatic rings. The molecule has 3 heteroatoms. The monoisotopic (exact) mass is 292 g/mol. The Bertz CT molecular complexity index is 379. The SMILES string of the molecule is CCCCCC#CC#CCC(O)CCCCCCC(=O)O. The van der Waals surface area contributed by atoms with Crippen molar-refractivity contribution in [3.63, 3.8) is 0 Å². The van der Waals surface area contributed by atoms with Crippen molar-refractivity contribution in [2.24, 2.45) is 0 Å². The van der Waals surface area contributed by atoms with E-state index in [0.717, 1.165) is 44.9 Å². The summed E-state index contributed by atoms with van der Waals surface area (Å²) in [4.78, 5) is 10.3. The van der Waals surface area contributed by atoms with Crippen molar-refractivity contribution in [1.82, 2.24) is 0 Å². The van der Waals surface area contributed by atoms with Gasteiger partial charge in [-0.15, -0.1) is 0 Å². The first-order valence-electron chi connectivity index (χ1n) is 8.02. The van der Waals surface area contributed by atoms with Crippen LogP contribution in [0.25, 0.3) is 0 Å². The van der Waals surface area contributed by atoms with Crippen LogP contribution in [0.15, 0.2) is 0 Å². The van der Waals surface area contributed by atoms with Crippen LogP contribution in [0.4, 0.5) is 0 Å². The van der Waals surface area contributed by atoms with E-state index in [1.165, 1.54) is 12.8 Å². The molecule has 3 nitrogen and oxygen atoms in total. The van der Waals surface area contributed by atoms with Gasteiger partial charge in [0.1, 0.15) is 0 Å². The van der Waals surface area contributed by atoms with Crippen molar-refractivity contribution in [1.29, 1.82) is 0 Å². The highest BCUT2D eigenvalue weighted by Gasteiger charge is 2.02. The van der Waals surface area contributed by atoms with Crippen LogP contribution < -0.4 is 0 Å². The van der Waals surface area contributed by atoms with E-state index in [9.17, 15) is 9.90 Å². The van der Waals surface area contributed by atoms with Gasteiger partial charge in [-0.25, -0.2) is 0 Å². The van der Waals surface area contributed by atoms with Crippen LogP contribution in [-0.4, -0.2) is 22.3 Å². The van der Waals surface area contributed by atoms with Gasteiger partial charge in [-0.1, -0.05) is 50.9 Å². The van der Waals surface area contributed by atoms with E-state index in [1.807, 2.05) is 0 Å². The standard InChI is InChI=1S/C18H28O3/c1-2-3-4-5-6-7-8-11-14-17(19)15-12-9-10-13-16-18(20)21/h17,19H,2-5,9-10,12-16H2,1H3,(H,20,21). The maximum atomic E-state index is 10.3. The Hall–Kier alpha value is -1.45. The van der Waals surface area contributed by atoms with Crippen LogP contribution in [0.5, 0.6) is 0 Å². The van der Waals surface area contributed by atoms with E-state index in [-0.39, 0.29) is 12.5 Å². The number of rotatable bonds is 11. The fraction of sp³-hybridized carbons (Fsp3) is 0.722. The molecule has 0 aromatic rings. The van der Waals surface area contributed by atoms with Gasteiger partial charge in [0.05, 0.1) is 6.10 Å². The third kappa shape index (κ3) is 16.5. The maximum Gasteiger partial charge on any atom is 0.303 e. The van der Waals surface area contributed by atoms with E-state index in [4.69, 9.17) is 5.11 Å². The minimum Gasteiger partial charge on any atom is -0.481 e. The minimum atomic E-state index is -0.735. The van der Waals surface area contributed by atoms with E-state index in [1.54, 1.807) is 0 Å². The summed E-state index contributed by atoms with van der Waals surface area (Å²) in [6, 6.07) is 0. The number of carboxylic acids is 1. The van der Waals surface area contributed by atoms with Crippen LogP contribution >= 0.6 is 0 Å². The van der Waals surface area contributed by atoms with Gasteiger partial charge in [0.15, 0.2) is 0 Å². The van der Waals surface area contributed by atoms with E-state index in [2.05, 4.69) is 30.6 Å². The Morgan fingerprint density at radius 3 is 2.43 bits per heavy atom. The first-order valence-corrected chi connectivity index (χ1v) is 8.02. The smallest absolute Gasteiger partial charge is 0.303 e. The van der Waals surface area contributed by atoms with Crippen molar-refractivity contribution >= 4 is 5.97 Å². The molecule has 0 amide bonds. The summed E-state index contributed by atoms with van der Waals surface area (Å²) >= 11 is 0. The number of unbranched alkanes of at least 4 members (excludes halogenated alkanes) is 6. The van der Waals surface area contributed by atoms with Gasteiger partial charge < -0.3 is 10.2 Å². The van der Waals surface area contributed by atoms with Gasteiger partial charge in [-0.2, -0.15) is 0 Å². The fourth-order valence-corrected chi connectivity index (χ4v) is 1.89. The molecule has 118 valence electrons. The van der Waals surface area contributed by atoms with Gasteiger partial charge in [0.25, 0.3) is 0 Å². The van der Waals surface area contributed by atoms with Crippen LogP contribution in [0.2, 0.25) is 0 Å². The molecule has 1 unspecified atom stereocenters. The summed E-state index contributed by atoms with van der Waals surface area (Å²) in [7, 11) is 0. The lowest BCUT2D eigenvalue weighted by molar-refractivity contribution is -0.137. The second-order valence-electron chi connectivity index (χ2n) is 5.27. The number of hydrogen-bond acceptors (Lipinski definition) is 2. The van der Waals surface area contributed by atoms with Gasteiger partial charge in [-0.3, -0.25) is 4.79 Å². The number of carboxylic acid groups (broad SMARTS) is 1. The number of aliphatic carboxylic acids is 1. The third-order valence-electron chi connectivity index (χ3n) is 3.16. The molecule has 0 aliphatic heterocycles. The molecule has 0 spiro atoms. The number of aliphatic hydroxyl groups is 1. The zero-order valence-electron chi connectivity index (χ0n) is 13.2. The van der Waals surface area contributed by atoms with E-state index < -0.39 is 5.97 Å². The van der Waals surface area contributed by atoms with Gasteiger partial charge in [0, 0.05) is 19.3 Å². The predicted octanol–water partition coefficient (Wildman–Crippen LogP) is 3.75. The minimum absolute atomic E-state index is 0.241. The molecule has 2 N–H and O–H groups in total. The topological polar surface area (TPSA) is 57.5 Å². The Kier molecular flexibility index (Phi) is 13.9. The molecule has 0 saturated heterocycles. The number of carbonyl (C=O) groups is 1. The first-order chi connectivity index (χ1) is 10.2. The normalized spacial score (nSPS) is 11.0. The van der Waals surface area contributed by atoms with Crippen molar-refractivity contribution in [3.05, 3.63) is 0 Å². The van der Waals surface area contributed by atoms with Crippen LogP contribution in [0.1, 0.15) is 77.6 Å². The predicted molar refractivity (Wildman–Crippen MR) is 85.7 cm³/mol. The Morgan fingerprint density at radius 1 is 1.00 bits per heavy atom. The third-order valence-corrected chi connectivity index (χ3v) is 3.16. The summed E-state index contributed by atoms with van der Waals surface area (Å²) in [6.07, 6.45) is 9.03. The van der Waals surface area contributed by atoms with E-state index in [0.29, 0.717) is 6.42 Å². The van der Waals surface area contributed by atoms with Gasteiger partial charge >= 0.3 is 5.97 Å². The zero-order valence-corrected chi connectivity index (χ0v) is 13.2. The highest BCUT2D eigenvalue weighted by Crippen LogP contribution is 2.08. The molecule has 0 radical (unpaired) electrons. The van der Waals surface area contributed by atoms with Crippen LogP contribution in [0.3, 0.4) is 0 Å². The molecule has 0 aromatic carbocycles. The summed E-state index contributed by atoms with van der Waals surface area (Å²) < 4.78 is 0. The molecule has 0 aromatic heterocycles. The number of aliphatic hydroxyl groups excluding tert-OH is 1. The van der Waals surface area contributed by atoms with Crippen LogP contribution in [-0.2, 0) is 4.79 Å². The molecule has 0 bridgehead atoms. The summed E-state index contributed by atoms with van der Waals surface area (Å²) in [5, 5.41) is 18.2. The molecule has 21 heavy (non-hydrogen) atoms. The molecule has 0 rings (SSSR count). The number of hydrogen-bond donors (Lipinski definition) is 2. The lowest BCUT2D eigenvalue weighted by Gasteiger charge is -2.05. The Morgan fingerprint density at radius 2 is 1.71 bits per heavy atom. The van der Waals surface area contributed by atoms with Crippen molar-refractivity contribution in [2.45, 2.75) is 83.7 Å². The van der Waals surface area contributed by atoms with Crippen molar-refractivity contribution in [3.8, 4) is 23.7 Å².